The average molecular weight is 232 g/mol. The van der Waals surface area contributed by atoms with Gasteiger partial charge in [-0.05, 0) is 12.8 Å². The zero-order valence-electron chi connectivity index (χ0n) is 10.3. The van der Waals surface area contributed by atoms with Crippen LogP contribution < -0.4 is 5.32 Å². The number of nitrogens with one attached hydrogen (secondary N) is 1. The molecule has 0 amide bonds. The largest absolute Gasteiger partial charge is 0.370 e. The van der Waals surface area contributed by atoms with Crippen LogP contribution >= 0.6 is 0 Å². The number of anilines is 1. The summed E-state index contributed by atoms with van der Waals surface area (Å²) in [6, 6.07) is 0. The van der Waals surface area contributed by atoms with E-state index >= 15 is 0 Å². The van der Waals surface area contributed by atoms with Gasteiger partial charge in [0.05, 0.1) is 0 Å². The van der Waals surface area contributed by atoms with Gasteiger partial charge < -0.3 is 5.32 Å². The predicted molar refractivity (Wildman–Crippen MR) is 65.2 cm³/mol. The lowest BCUT2D eigenvalue weighted by molar-refractivity contribution is 0.772. The molecule has 0 saturated heterocycles. The second kappa shape index (κ2) is 4.90. The van der Waals surface area contributed by atoms with Crippen LogP contribution in [0.1, 0.15) is 32.3 Å². The molecule has 0 aliphatic carbocycles. The van der Waals surface area contributed by atoms with E-state index in [0.717, 1.165) is 23.7 Å². The average Bonchev–Trinajstić information content (AvgIpc) is 2.82. The van der Waals surface area contributed by atoms with Gasteiger partial charge in [-0.25, -0.2) is 19.6 Å². The summed E-state index contributed by atoms with van der Waals surface area (Å²) in [6.07, 6.45) is 4.68. The van der Waals surface area contributed by atoms with Gasteiger partial charge >= 0.3 is 0 Å². The Morgan fingerprint density at radius 2 is 2.12 bits per heavy atom. The summed E-state index contributed by atoms with van der Waals surface area (Å²) in [7, 11) is 0. The molecule has 2 heterocycles. The molecule has 6 nitrogen and oxygen atoms in total. The molecule has 0 aromatic carbocycles. The minimum Gasteiger partial charge on any atom is -0.370 e. The smallest absolute Gasteiger partial charge is 0.164 e. The van der Waals surface area contributed by atoms with Crippen LogP contribution in [0.4, 0.5) is 5.82 Å². The molecular weight excluding hydrogens is 216 g/mol. The third-order valence-corrected chi connectivity index (χ3v) is 2.42. The first-order chi connectivity index (χ1) is 8.24. The molecule has 1 N–H and O–H groups in total. The highest BCUT2D eigenvalue weighted by molar-refractivity contribution is 5.53. The van der Waals surface area contributed by atoms with Crippen molar-refractivity contribution in [3.05, 3.63) is 24.5 Å². The Labute approximate surface area is 100 Å². The van der Waals surface area contributed by atoms with Gasteiger partial charge in [-0.1, -0.05) is 13.8 Å². The Morgan fingerprint density at radius 1 is 1.29 bits per heavy atom. The van der Waals surface area contributed by atoms with Crippen molar-refractivity contribution in [1.82, 2.24) is 24.7 Å². The molecule has 2 aromatic heterocycles. The normalized spacial score (nSPS) is 10.8. The van der Waals surface area contributed by atoms with E-state index in [1.54, 1.807) is 17.3 Å². The third kappa shape index (κ3) is 2.25. The molecule has 0 atom stereocenters. The topological polar surface area (TPSA) is 68.5 Å². The van der Waals surface area contributed by atoms with Crippen molar-refractivity contribution in [3.63, 3.8) is 0 Å². The van der Waals surface area contributed by atoms with Crippen LogP contribution in [0, 0.1) is 0 Å². The maximum Gasteiger partial charge on any atom is 0.164 e. The Morgan fingerprint density at radius 3 is 2.71 bits per heavy atom. The quantitative estimate of drug-likeness (QED) is 0.867. The Bertz CT molecular complexity index is 477. The SMILES string of the molecule is CCNc1ncnc(-n2cncn2)c1C(C)C. The standard InChI is InChI=1S/C11H16N6/c1-4-13-10-9(8(2)3)11(15-6-14-10)17-7-12-5-16-17/h5-8H,4H2,1-3H3,(H,13,14,15). The molecule has 0 aliphatic rings. The molecule has 90 valence electrons. The highest BCUT2D eigenvalue weighted by Crippen LogP contribution is 2.26. The summed E-state index contributed by atoms with van der Waals surface area (Å²) in [5, 5.41) is 7.37. The van der Waals surface area contributed by atoms with Gasteiger partial charge in [0.25, 0.3) is 0 Å². The second-order valence-electron chi connectivity index (χ2n) is 3.98. The van der Waals surface area contributed by atoms with Gasteiger partial charge in [0, 0.05) is 12.1 Å². The van der Waals surface area contributed by atoms with E-state index in [1.807, 2.05) is 6.92 Å². The lowest BCUT2D eigenvalue weighted by atomic mass is 10.0. The molecule has 0 fully saturated rings. The number of aromatic nitrogens is 5. The molecule has 0 saturated carbocycles. The molecule has 2 aromatic rings. The fraction of sp³-hybridized carbons (Fsp3) is 0.455. The van der Waals surface area contributed by atoms with Gasteiger partial charge in [-0.15, -0.1) is 0 Å². The van der Waals surface area contributed by atoms with Crippen molar-refractivity contribution in [2.75, 3.05) is 11.9 Å². The Kier molecular flexibility index (Phi) is 3.32. The summed E-state index contributed by atoms with van der Waals surface area (Å²) in [5.74, 6) is 1.95. The molecule has 6 heteroatoms. The summed E-state index contributed by atoms with van der Waals surface area (Å²) in [5.41, 5.74) is 1.06. The van der Waals surface area contributed by atoms with Crippen LogP contribution in [-0.2, 0) is 0 Å². The van der Waals surface area contributed by atoms with Crippen LogP contribution in [-0.4, -0.2) is 31.3 Å². The maximum atomic E-state index is 4.29. The van der Waals surface area contributed by atoms with Crippen LogP contribution in [0.5, 0.6) is 0 Å². The molecule has 0 spiro atoms. The zero-order valence-corrected chi connectivity index (χ0v) is 10.3. The van der Waals surface area contributed by atoms with Crippen molar-refractivity contribution >= 4 is 5.82 Å². The van der Waals surface area contributed by atoms with Crippen LogP contribution in [0.15, 0.2) is 19.0 Å². The van der Waals surface area contributed by atoms with Crippen LogP contribution in [0.3, 0.4) is 0 Å². The molecule has 0 bridgehead atoms. The number of hydrogen-bond acceptors (Lipinski definition) is 5. The zero-order chi connectivity index (χ0) is 12.3. The lowest BCUT2D eigenvalue weighted by Crippen LogP contribution is -2.11. The van der Waals surface area contributed by atoms with Gasteiger partial charge in [-0.2, -0.15) is 5.10 Å². The van der Waals surface area contributed by atoms with Crippen molar-refractivity contribution < 1.29 is 0 Å². The highest BCUT2D eigenvalue weighted by Gasteiger charge is 2.16. The number of hydrogen-bond donors (Lipinski definition) is 1. The van der Waals surface area contributed by atoms with E-state index in [9.17, 15) is 0 Å². The summed E-state index contributed by atoms with van der Waals surface area (Å²) < 4.78 is 1.66. The maximum absolute atomic E-state index is 4.29. The summed E-state index contributed by atoms with van der Waals surface area (Å²) in [6.45, 7) is 7.09. The highest BCUT2D eigenvalue weighted by atomic mass is 15.3. The van der Waals surface area contributed by atoms with E-state index in [-0.39, 0.29) is 0 Å². The van der Waals surface area contributed by atoms with Gasteiger partial charge in [0.15, 0.2) is 5.82 Å². The van der Waals surface area contributed by atoms with Crippen LogP contribution in [0.2, 0.25) is 0 Å². The fourth-order valence-corrected chi connectivity index (χ4v) is 1.73. The summed E-state index contributed by atoms with van der Waals surface area (Å²) >= 11 is 0. The number of rotatable bonds is 4. The van der Waals surface area contributed by atoms with Crippen LogP contribution in [0.25, 0.3) is 5.82 Å². The first-order valence-electron chi connectivity index (χ1n) is 5.67. The molecular formula is C11H16N6. The van der Waals surface area contributed by atoms with Gasteiger partial charge in [0.2, 0.25) is 0 Å². The van der Waals surface area contributed by atoms with E-state index in [1.165, 1.54) is 6.33 Å². The van der Waals surface area contributed by atoms with Gasteiger partial charge in [0.1, 0.15) is 24.8 Å². The second-order valence-corrected chi connectivity index (χ2v) is 3.98. The first-order valence-corrected chi connectivity index (χ1v) is 5.67. The van der Waals surface area contributed by atoms with E-state index in [4.69, 9.17) is 0 Å². The minimum atomic E-state index is 0.310. The molecule has 0 aliphatic heterocycles. The van der Waals surface area contributed by atoms with E-state index in [0.29, 0.717) is 5.92 Å². The van der Waals surface area contributed by atoms with E-state index in [2.05, 4.69) is 39.2 Å². The van der Waals surface area contributed by atoms with Crippen molar-refractivity contribution in [1.29, 1.82) is 0 Å². The van der Waals surface area contributed by atoms with Crippen molar-refractivity contribution in [2.45, 2.75) is 26.7 Å². The minimum absolute atomic E-state index is 0.310. The van der Waals surface area contributed by atoms with E-state index < -0.39 is 0 Å². The Balaban J connectivity index is 2.55. The molecule has 0 unspecified atom stereocenters. The lowest BCUT2D eigenvalue weighted by Gasteiger charge is -2.15. The first kappa shape index (κ1) is 11.5. The molecule has 0 radical (unpaired) electrons. The number of nitrogens with zero attached hydrogens (tertiary/aromatic N) is 5. The fourth-order valence-electron chi connectivity index (χ4n) is 1.73. The Hall–Kier alpha value is -1.98. The van der Waals surface area contributed by atoms with Crippen molar-refractivity contribution in [3.8, 4) is 5.82 Å². The third-order valence-electron chi connectivity index (χ3n) is 2.42. The predicted octanol–water partition coefficient (Wildman–Crippen LogP) is 1.61. The molecule has 17 heavy (non-hydrogen) atoms. The monoisotopic (exact) mass is 232 g/mol. The van der Waals surface area contributed by atoms with Gasteiger partial charge in [-0.3, -0.25) is 0 Å². The molecule has 2 rings (SSSR count). The van der Waals surface area contributed by atoms with Crippen molar-refractivity contribution in [2.24, 2.45) is 0 Å². The summed E-state index contributed by atoms with van der Waals surface area (Å²) in [4.78, 5) is 12.5.